The summed E-state index contributed by atoms with van der Waals surface area (Å²) in [5.41, 5.74) is 1.86. The zero-order valence-electron chi connectivity index (χ0n) is 28.0. The van der Waals surface area contributed by atoms with Crippen molar-refractivity contribution in [2.75, 3.05) is 29.9 Å². The monoisotopic (exact) mass is 713 g/mol. The van der Waals surface area contributed by atoms with Gasteiger partial charge in [0.1, 0.15) is 16.5 Å². The van der Waals surface area contributed by atoms with Crippen molar-refractivity contribution >= 4 is 52.1 Å². The van der Waals surface area contributed by atoms with Gasteiger partial charge in [-0.3, -0.25) is 0 Å². The van der Waals surface area contributed by atoms with Gasteiger partial charge in [0.2, 0.25) is 5.13 Å². The summed E-state index contributed by atoms with van der Waals surface area (Å²) in [4.78, 5) is 3.34. The Morgan fingerprint density at radius 1 is 1.20 bits per heavy atom. The molecule has 46 heavy (non-hydrogen) atoms. The van der Waals surface area contributed by atoms with Crippen LogP contribution in [0.5, 0.6) is 5.75 Å². The number of ether oxygens (including phenoxy) is 1. The van der Waals surface area contributed by atoms with Gasteiger partial charge in [-0.1, -0.05) is 63.1 Å². The maximum Gasteiger partial charge on any atom is 0.269 e. The maximum atomic E-state index is 15.7. The van der Waals surface area contributed by atoms with Gasteiger partial charge in [-0.15, -0.1) is 0 Å². The minimum absolute atomic E-state index is 0.0723. The van der Waals surface area contributed by atoms with Gasteiger partial charge in [0, 0.05) is 13.2 Å². The zero-order valence-corrected chi connectivity index (χ0v) is 31.4. The Balaban J connectivity index is 1.51. The van der Waals surface area contributed by atoms with E-state index in [9.17, 15) is 12.8 Å². The Labute approximate surface area is 282 Å². The summed E-state index contributed by atoms with van der Waals surface area (Å²) in [6.45, 7) is 16.4. The number of hydrogen-bond acceptors (Lipinski definition) is 7. The van der Waals surface area contributed by atoms with Gasteiger partial charge in [0.05, 0.1) is 30.6 Å². The SMILES string of the molecule is CC[C@H](CNc1cc(F)c(S(=O)(=O)N(Cc2ccc(OC)cc2C)c2ncc(F)s2)cc1Cl)CC1(CO[Si](C)(C)C(C)(C)C)CC1. The molecular weight excluding hydrogens is 668 g/mol. The lowest BCUT2D eigenvalue weighted by Crippen LogP contribution is -2.42. The van der Waals surface area contributed by atoms with E-state index in [-0.39, 0.29) is 27.2 Å². The van der Waals surface area contributed by atoms with Crippen LogP contribution in [0, 0.1) is 29.2 Å². The molecule has 0 unspecified atom stereocenters. The van der Waals surface area contributed by atoms with Crippen LogP contribution in [0.4, 0.5) is 19.6 Å². The number of methoxy groups -OCH3 is 1. The highest BCUT2D eigenvalue weighted by atomic mass is 35.5. The van der Waals surface area contributed by atoms with E-state index in [4.69, 9.17) is 20.8 Å². The Morgan fingerprint density at radius 2 is 1.89 bits per heavy atom. The minimum Gasteiger partial charge on any atom is -0.497 e. The Kier molecular flexibility index (Phi) is 11.2. The van der Waals surface area contributed by atoms with Crippen molar-refractivity contribution < 1.29 is 26.4 Å². The number of hydrogen-bond donors (Lipinski definition) is 1. The molecule has 13 heteroatoms. The summed E-state index contributed by atoms with van der Waals surface area (Å²) in [6, 6.07) is 7.41. The van der Waals surface area contributed by atoms with Crippen molar-refractivity contribution in [2.45, 2.75) is 89.9 Å². The highest BCUT2D eigenvalue weighted by Crippen LogP contribution is 2.52. The summed E-state index contributed by atoms with van der Waals surface area (Å²) in [5, 5.41) is 2.71. The third-order valence-corrected chi connectivity index (χ3v) is 17.0. The minimum atomic E-state index is -4.54. The molecule has 254 valence electrons. The molecule has 0 aliphatic heterocycles. The average molecular weight is 714 g/mol. The quantitative estimate of drug-likeness (QED) is 0.158. The first-order chi connectivity index (χ1) is 21.4. The second kappa shape index (κ2) is 14.1. The first-order valence-corrected chi connectivity index (χ1v) is 21.1. The molecule has 3 aromatic rings. The number of rotatable bonds is 15. The molecule has 0 radical (unpaired) electrons. The van der Waals surface area contributed by atoms with Crippen LogP contribution >= 0.6 is 22.9 Å². The summed E-state index contributed by atoms with van der Waals surface area (Å²) in [5.74, 6) is -0.0556. The Hall–Kier alpha value is -2.25. The van der Waals surface area contributed by atoms with Crippen LogP contribution in [-0.4, -0.2) is 42.0 Å². The number of benzene rings is 2. The Bertz CT molecular complexity index is 1640. The van der Waals surface area contributed by atoms with Crippen molar-refractivity contribution in [3.63, 3.8) is 0 Å². The first-order valence-electron chi connectivity index (χ1n) is 15.6. The van der Waals surface area contributed by atoms with E-state index in [0.29, 0.717) is 40.8 Å². The summed E-state index contributed by atoms with van der Waals surface area (Å²) < 4.78 is 70.4. The molecule has 1 saturated carbocycles. The molecular formula is C33H46ClF2N3O4S2Si. The standard InChI is InChI=1S/C33H46ClF2N3O4S2Si/c1-9-23(17-33(12-13-33)21-43-46(7,8)32(3,4)5)18-37-28-16-27(35)29(15-26(28)34)45(40,41)39(31-38-19-30(36)44-31)20-24-10-11-25(42-6)14-22(24)2/h10-11,14-16,19,23,37H,9,12-13,17-18,20-21H2,1-8H3/t23-/m0/s1. The molecule has 0 saturated heterocycles. The average Bonchev–Trinajstić information content (AvgIpc) is 3.62. The van der Waals surface area contributed by atoms with E-state index in [1.807, 2.05) is 0 Å². The molecule has 0 amide bonds. The molecule has 1 heterocycles. The van der Waals surface area contributed by atoms with Crippen molar-refractivity contribution in [3.8, 4) is 5.75 Å². The van der Waals surface area contributed by atoms with Crippen LogP contribution in [0.25, 0.3) is 0 Å². The number of nitrogens with one attached hydrogen (secondary N) is 1. The molecule has 1 atom stereocenters. The van der Waals surface area contributed by atoms with E-state index >= 15 is 4.39 Å². The van der Waals surface area contributed by atoms with Crippen LogP contribution in [0.2, 0.25) is 23.2 Å². The van der Waals surface area contributed by atoms with Crippen LogP contribution < -0.4 is 14.4 Å². The van der Waals surface area contributed by atoms with E-state index in [0.717, 1.165) is 60.5 Å². The van der Waals surface area contributed by atoms with E-state index in [1.54, 1.807) is 25.1 Å². The highest BCUT2D eigenvalue weighted by molar-refractivity contribution is 7.93. The van der Waals surface area contributed by atoms with Gasteiger partial charge < -0.3 is 14.5 Å². The molecule has 2 aromatic carbocycles. The molecule has 1 aliphatic carbocycles. The smallest absolute Gasteiger partial charge is 0.269 e. The lowest BCUT2D eigenvalue weighted by atomic mass is 9.90. The molecule has 1 aliphatic rings. The van der Waals surface area contributed by atoms with Crippen molar-refractivity contribution in [1.82, 2.24) is 4.98 Å². The van der Waals surface area contributed by atoms with Crippen LogP contribution in [0.15, 0.2) is 41.4 Å². The third kappa shape index (κ3) is 8.42. The van der Waals surface area contributed by atoms with Gasteiger partial charge in [-0.2, -0.15) is 4.39 Å². The normalized spacial score (nSPS) is 15.5. The second-order valence-corrected chi connectivity index (χ2v) is 21.9. The summed E-state index contributed by atoms with van der Waals surface area (Å²) in [7, 11) is -4.86. The van der Waals surface area contributed by atoms with Gasteiger partial charge in [0.25, 0.3) is 10.0 Å². The van der Waals surface area contributed by atoms with Crippen LogP contribution in [0.1, 0.15) is 64.5 Å². The number of nitrogens with zero attached hydrogens (tertiary/aromatic N) is 2. The molecule has 1 aromatic heterocycles. The van der Waals surface area contributed by atoms with Crippen LogP contribution in [0.3, 0.4) is 0 Å². The Morgan fingerprint density at radius 3 is 2.43 bits per heavy atom. The third-order valence-electron chi connectivity index (χ3n) is 9.51. The molecule has 1 fully saturated rings. The number of aromatic nitrogens is 1. The van der Waals surface area contributed by atoms with E-state index < -0.39 is 34.2 Å². The number of aryl methyl sites for hydroxylation is 1. The lowest BCUT2D eigenvalue weighted by molar-refractivity contribution is 0.188. The van der Waals surface area contributed by atoms with Gasteiger partial charge in [-0.05, 0) is 91.0 Å². The fourth-order valence-corrected chi connectivity index (χ4v) is 8.81. The molecule has 1 N–H and O–H groups in total. The predicted molar refractivity (Wildman–Crippen MR) is 186 cm³/mol. The summed E-state index contributed by atoms with van der Waals surface area (Å²) >= 11 is 7.14. The predicted octanol–water partition coefficient (Wildman–Crippen LogP) is 9.42. The zero-order chi connectivity index (χ0) is 34.1. The first kappa shape index (κ1) is 36.6. The van der Waals surface area contributed by atoms with E-state index in [1.165, 1.54) is 7.11 Å². The number of halogens is 3. The topological polar surface area (TPSA) is 80.8 Å². The number of thiazole rings is 1. The maximum absolute atomic E-state index is 15.7. The number of anilines is 2. The fraction of sp³-hybridized carbons (Fsp3) is 0.545. The molecule has 4 rings (SSSR count). The van der Waals surface area contributed by atoms with Gasteiger partial charge >= 0.3 is 0 Å². The van der Waals surface area contributed by atoms with Crippen LogP contribution in [-0.2, 0) is 21.0 Å². The molecule has 7 nitrogen and oxygen atoms in total. The largest absolute Gasteiger partial charge is 0.497 e. The number of sulfonamides is 1. The van der Waals surface area contributed by atoms with Gasteiger partial charge in [0.15, 0.2) is 13.4 Å². The summed E-state index contributed by atoms with van der Waals surface area (Å²) in [6.07, 6.45) is 5.12. The van der Waals surface area contributed by atoms with E-state index in [2.05, 4.69) is 51.1 Å². The second-order valence-electron chi connectivity index (χ2n) is 13.9. The van der Waals surface area contributed by atoms with Crippen molar-refractivity contribution in [3.05, 3.63) is 63.6 Å². The lowest BCUT2D eigenvalue weighted by Gasteiger charge is -2.38. The van der Waals surface area contributed by atoms with Gasteiger partial charge in [-0.25, -0.2) is 22.1 Å². The van der Waals surface area contributed by atoms with Crippen molar-refractivity contribution in [1.29, 1.82) is 0 Å². The fourth-order valence-electron chi connectivity index (χ4n) is 5.09. The molecule has 0 bridgehead atoms. The highest BCUT2D eigenvalue weighted by Gasteiger charge is 2.47. The van der Waals surface area contributed by atoms with Crippen molar-refractivity contribution in [2.24, 2.45) is 11.3 Å². The molecule has 0 spiro atoms.